The minimum Gasteiger partial charge on any atom is -0.354 e. The highest BCUT2D eigenvalue weighted by Gasteiger charge is 2.32. The van der Waals surface area contributed by atoms with E-state index in [0.717, 1.165) is 19.9 Å². The summed E-state index contributed by atoms with van der Waals surface area (Å²) in [4.78, 5) is 28.6. The van der Waals surface area contributed by atoms with E-state index in [9.17, 15) is 18.0 Å². The Morgan fingerprint density at radius 2 is 1.45 bits per heavy atom. The molecule has 3 rings (SSSR count). The van der Waals surface area contributed by atoms with Gasteiger partial charge >= 0.3 is 0 Å². The second-order valence-corrected chi connectivity index (χ2v) is 13.3. The van der Waals surface area contributed by atoms with Crippen molar-refractivity contribution < 1.29 is 18.0 Å². The molecule has 0 saturated heterocycles. The van der Waals surface area contributed by atoms with Crippen LogP contribution in [-0.2, 0) is 26.2 Å². The molecule has 0 radical (unpaired) electrons. The summed E-state index contributed by atoms with van der Waals surface area (Å²) >= 11 is 3.43. The summed E-state index contributed by atoms with van der Waals surface area (Å²) in [6, 6.07) is 21.9. The van der Waals surface area contributed by atoms with Crippen molar-refractivity contribution in [3.8, 4) is 0 Å². The van der Waals surface area contributed by atoms with Crippen molar-refractivity contribution in [2.75, 3.05) is 17.4 Å². The Morgan fingerprint density at radius 1 is 0.850 bits per heavy atom. The van der Waals surface area contributed by atoms with E-state index in [1.807, 2.05) is 50.2 Å². The van der Waals surface area contributed by atoms with Crippen LogP contribution in [0, 0.1) is 5.92 Å². The molecule has 1 N–H and O–H groups in total. The van der Waals surface area contributed by atoms with Crippen molar-refractivity contribution >= 4 is 43.5 Å². The third kappa shape index (κ3) is 8.17. The van der Waals surface area contributed by atoms with Crippen LogP contribution >= 0.6 is 15.9 Å². The minimum atomic E-state index is -4.08. The number of halogens is 1. The molecule has 0 aliphatic rings. The van der Waals surface area contributed by atoms with Crippen molar-refractivity contribution in [2.45, 2.75) is 58.0 Å². The molecule has 9 heteroatoms. The van der Waals surface area contributed by atoms with Gasteiger partial charge in [-0.15, -0.1) is 0 Å². The monoisotopic (exact) mass is 627 g/mol. The second kappa shape index (κ2) is 13.9. The largest absolute Gasteiger partial charge is 0.354 e. The maximum absolute atomic E-state index is 14.0. The topological polar surface area (TPSA) is 86.8 Å². The Bertz CT molecular complexity index is 1380. The quantitative estimate of drug-likeness (QED) is 0.268. The van der Waals surface area contributed by atoms with Gasteiger partial charge in [0, 0.05) is 17.6 Å². The first-order valence-corrected chi connectivity index (χ1v) is 15.6. The molecule has 7 nitrogen and oxygen atoms in total. The molecule has 40 heavy (non-hydrogen) atoms. The first kappa shape index (κ1) is 31.4. The molecule has 0 spiro atoms. The fourth-order valence-corrected chi connectivity index (χ4v) is 5.80. The highest BCUT2D eigenvalue weighted by molar-refractivity contribution is 9.10. The average Bonchev–Trinajstić information content (AvgIpc) is 2.94. The summed E-state index contributed by atoms with van der Waals surface area (Å²) in [5, 5.41) is 2.90. The molecule has 0 fully saturated rings. The summed E-state index contributed by atoms with van der Waals surface area (Å²) < 4.78 is 29.7. The molecular formula is C31H38BrN3O4S. The lowest BCUT2D eigenvalue weighted by molar-refractivity contribution is -0.139. The SMILES string of the molecule is CC(C)CNC(=O)[C@@H](C)N(Cc1ccc(Br)cc1)C(=O)CN(c1ccc(C(C)C)cc1)S(=O)(=O)c1ccccc1. The number of sulfonamides is 1. The predicted octanol–water partition coefficient (Wildman–Crippen LogP) is 5.96. The molecular weight excluding hydrogens is 590 g/mol. The zero-order valence-corrected chi connectivity index (χ0v) is 26.1. The Morgan fingerprint density at radius 3 is 2.00 bits per heavy atom. The summed E-state index contributed by atoms with van der Waals surface area (Å²) in [7, 11) is -4.08. The Kier molecular flexibility index (Phi) is 10.9. The number of amides is 2. The maximum atomic E-state index is 14.0. The first-order chi connectivity index (χ1) is 18.9. The third-order valence-corrected chi connectivity index (χ3v) is 8.89. The molecule has 214 valence electrons. The van der Waals surface area contributed by atoms with Crippen LogP contribution in [0.2, 0.25) is 0 Å². The second-order valence-electron chi connectivity index (χ2n) is 10.5. The Hall–Kier alpha value is -3.17. The van der Waals surface area contributed by atoms with Crippen LogP contribution in [0.4, 0.5) is 5.69 Å². The van der Waals surface area contributed by atoms with Crippen LogP contribution in [0.25, 0.3) is 0 Å². The zero-order valence-electron chi connectivity index (χ0n) is 23.7. The fraction of sp³-hybridized carbons (Fsp3) is 0.355. The van der Waals surface area contributed by atoms with Gasteiger partial charge < -0.3 is 10.2 Å². The van der Waals surface area contributed by atoms with Crippen LogP contribution in [-0.4, -0.2) is 44.3 Å². The van der Waals surface area contributed by atoms with Gasteiger partial charge in [0.2, 0.25) is 11.8 Å². The molecule has 0 saturated carbocycles. The van der Waals surface area contributed by atoms with Crippen molar-refractivity contribution in [3.63, 3.8) is 0 Å². The van der Waals surface area contributed by atoms with Gasteiger partial charge in [-0.1, -0.05) is 86.1 Å². The molecule has 1 atom stereocenters. The summed E-state index contributed by atoms with van der Waals surface area (Å²) in [6.07, 6.45) is 0. The lowest BCUT2D eigenvalue weighted by Gasteiger charge is -2.32. The normalized spacial score (nSPS) is 12.3. The number of benzene rings is 3. The van der Waals surface area contributed by atoms with Gasteiger partial charge in [0.1, 0.15) is 12.6 Å². The van der Waals surface area contributed by atoms with Gasteiger partial charge in [-0.25, -0.2) is 8.42 Å². The molecule has 0 unspecified atom stereocenters. The molecule has 0 aromatic heterocycles. The minimum absolute atomic E-state index is 0.0814. The van der Waals surface area contributed by atoms with E-state index in [0.29, 0.717) is 12.2 Å². The van der Waals surface area contributed by atoms with Crippen LogP contribution in [0.5, 0.6) is 0 Å². The van der Waals surface area contributed by atoms with E-state index >= 15 is 0 Å². The number of hydrogen-bond acceptors (Lipinski definition) is 4. The maximum Gasteiger partial charge on any atom is 0.264 e. The number of carbonyl (C=O) groups is 2. The third-order valence-electron chi connectivity index (χ3n) is 6.58. The van der Waals surface area contributed by atoms with Gasteiger partial charge in [-0.2, -0.15) is 0 Å². The Balaban J connectivity index is 2.01. The smallest absolute Gasteiger partial charge is 0.264 e. The molecule has 0 aliphatic heterocycles. The lowest BCUT2D eigenvalue weighted by Crippen LogP contribution is -2.51. The summed E-state index contributed by atoms with van der Waals surface area (Å²) in [5.74, 6) is -0.269. The van der Waals surface area contributed by atoms with Crippen LogP contribution in [0.1, 0.15) is 51.7 Å². The number of nitrogens with zero attached hydrogens (tertiary/aromatic N) is 2. The van der Waals surface area contributed by atoms with Gasteiger partial charge in [0.05, 0.1) is 10.6 Å². The predicted molar refractivity (Wildman–Crippen MR) is 164 cm³/mol. The van der Waals surface area contributed by atoms with Gasteiger partial charge in [-0.3, -0.25) is 13.9 Å². The zero-order chi connectivity index (χ0) is 29.4. The van der Waals surface area contributed by atoms with E-state index in [4.69, 9.17) is 0 Å². The van der Waals surface area contributed by atoms with Crippen LogP contribution in [0.3, 0.4) is 0 Å². The molecule has 3 aromatic carbocycles. The number of nitrogens with one attached hydrogen (secondary N) is 1. The van der Waals surface area contributed by atoms with Crippen molar-refractivity contribution in [1.82, 2.24) is 10.2 Å². The number of anilines is 1. The summed E-state index contributed by atoms with van der Waals surface area (Å²) in [5.41, 5.74) is 2.25. The van der Waals surface area contributed by atoms with E-state index in [1.54, 1.807) is 37.3 Å². The first-order valence-electron chi connectivity index (χ1n) is 13.4. The van der Waals surface area contributed by atoms with E-state index in [-0.39, 0.29) is 29.2 Å². The molecule has 2 amide bonds. The highest BCUT2D eigenvalue weighted by Crippen LogP contribution is 2.26. The molecule has 3 aromatic rings. The molecule has 0 aliphatic carbocycles. The number of carbonyl (C=O) groups excluding carboxylic acids is 2. The van der Waals surface area contributed by atoms with E-state index < -0.39 is 28.5 Å². The van der Waals surface area contributed by atoms with Crippen LogP contribution in [0.15, 0.2) is 88.2 Å². The van der Waals surface area contributed by atoms with E-state index in [2.05, 4.69) is 35.1 Å². The lowest BCUT2D eigenvalue weighted by atomic mass is 10.0. The molecule has 0 bridgehead atoms. The van der Waals surface area contributed by atoms with E-state index in [1.165, 1.54) is 17.0 Å². The average molecular weight is 629 g/mol. The Labute approximate surface area is 246 Å². The van der Waals surface area contributed by atoms with Crippen molar-refractivity contribution in [1.29, 1.82) is 0 Å². The van der Waals surface area contributed by atoms with Crippen molar-refractivity contribution in [2.24, 2.45) is 5.92 Å². The highest BCUT2D eigenvalue weighted by atomic mass is 79.9. The van der Waals surface area contributed by atoms with Gasteiger partial charge in [0.25, 0.3) is 10.0 Å². The standard InChI is InChI=1S/C31H38BrN3O4S/c1-22(2)19-33-31(37)24(5)34(20-25-11-15-27(32)16-12-25)30(36)21-35(28-17-13-26(14-18-28)23(3)4)40(38,39)29-9-7-6-8-10-29/h6-18,22-24H,19-21H2,1-5H3,(H,33,37)/t24-/m1/s1. The van der Waals surface area contributed by atoms with Gasteiger partial charge in [0.15, 0.2) is 0 Å². The number of rotatable bonds is 12. The van der Waals surface area contributed by atoms with Gasteiger partial charge in [-0.05, 0) is 66.3 Å². The molecule has 0 heterocycles. The summed E-state index contributed by atoms with van der Waals surface area (Å²) in [6.45, 7) is 9.93. The fourth-order valence-electron chi connectivity index (χ4n) is 4.10. The van der Waals surface area contributed by atoms with Crippen molar-refractivity contribution in [3.05, 3.63) is 94.5 Å². The van der Waals surface area contributed by atoms with Crippen LogP contribution < -0.4 is 9.62 Å². The number of hydrogen-bond donors (Lipinski definition) is 1.